The fourth-order valence-electron chi connectivity index (χ4n) is 3.63. The van der Waals surface area contributed by atoms with Crippen molar-refractivity contribution in [2.24, 2.45) is 5.92 Å². The van der Waals surface area contributed by atoms with Gasteiger partial charge in [-0.15, -0.1) is 0 Å². The number of benzene rings is 3. The summed E-state index contributed by atoms with van der Waals surface area (Å²) in [6.07, 6.45) is 2.81. The van der Waals surface area contributed by atoms with Crippen LogP contribution in [-0.4, -0.2) is 18.4 Å². The van der Waals surface area contributed by atoms with Gasteiger partial charge in [0.25, 0.3) is 5.91 Å². The van der Waals surface area contributed by atoms with Crippen LogP contribution in [0.3, 0.4) is 0 Å². The highest BCUT2D eigenvalue weighted by Gasteiger charge is 2.22. The summed E-state index contributed by atoms with van der Waals surface area (Å²) in [4.78, 5) is 27.4. The minimum absolute atomic E-state index is 0.0307. The molecule has 1 fully saturated rings. The van der Waals surface area contributed by atoms with Crippen molar-refractivity contribution < 1.29 is 9.59 Å². The van der Waals surface area contributed by atoms with Crippen LogP contribution < -0.4 is 10.2 Å². The second-order valence-corrected chi connectivity index (χ2v) is 8.28. The summed E-state index contributed by atoms with van der Waals surface area (Å²) < 4.78 is 0. The number of carbonyl (C=O) groups excluding carboxylic acids is 2. The number of carbonyl (C=O) groups is 2. The molecule has 2 amide bonds. The molecule has 0 atom stereocenters. The van der Waals surface area contributed by atoms with E-state index in [-0.39, 0.29) is 11.8 Å². The predicted octanol–water partition coefficient (Wildman–Crippen LogP) is 4.91. The molecule has 0 saturated heterocycles. The minimum atomic E-state index is -0.0307. The molecule has 0 unspecified atom stereocenters. The molecule has 4 rings (SSSR count). The van der Waals surface area contributed by atoms with Gasteiger partial charge in [0.2, 0.25) is 5.91 Å². The predicted molar refractivity (Wildman–Crippen MR) is 124 cm³/mol. The quantitative estimate of drug-likeness (QED) is 0.571. The first-order valence-corrected chi connectivity index (χ1v) is 10.9. The van der Waals surface area contributed by atoms with Crippen LogP contribution in [0.15, 0.2) is 78.9 Å². The molecule has 4 heteroatoms. The molecule has 1 saturated carbocycles. The van der Waals surface area contributed by atoms with Crippen molar-refractivity contribution in [3.8, 4) is 0 Å². The smallest absolute Gasteiger partial charge is 0.258 e. The van der Waals surface area contributed by atoms with Gasteiger partial charge in [-0.05, 0) is 60.6 Å². The number of anilines is 1. The maximum absolute atomic E-state index is 13.4. The first-order valence-electron chi connectivity index (χ1n) is 10.9. The molecule has 1 aliphatic rings. The maximum atomic E-state index is 13.4. The molecular weight excluding hydrogens is 384 g/mol. The van der Waals surface area contributed by atoms with E-state index in [9.17, 15) is 9.59 Å². The topological polar surface area (TPSA) is 49.4 Å². The molecule has 0 bridgehead atoms. The van der Waals surface area contributed by atoms with Gasteiger partial charge in [-0.1, -0.05) is 60.7 Å². The lowest BCUT2D eigenvalue weighted by atomic mass is 10.1. The Kier molecular flexibility index (Phi) is 6.46. The Morgan fingerprint density at radius 3 is 2.23 bits per heavy atom. The van der Waals surface area contributed by atoms with Crippen LogP contribution >= 0.6 is 0 Å². The lowest BCUT2D eigenvalue weighted by molar-refractivity contribution is -0.120. The van der Waals surface area contributed by atoms with E-state index in [0.717, 1.165) is 28.9 Å². The first kappa shape index (κ1) is 20.9. The van der Waals surface area contributed by atoms with Gasteiger partial charge in [0.05, 0.1) is 13.0 Å². The number of nitrogens with one attached hydrogen (secondary N) is 1. The Morgan fingerprint density at radius 1 is 0.871 bits per heavy atom. The van der Waals surface area contributed by atoms with E-state index in [1.807, 2.05) is 85.8 Å². The molecule has 0 aromatic heterocycles. The molecule has 3 aromatic carbocycles. The number of rotatable bonds is 8. The van der Waals surface area contributed by atoms with Gasteiger partial charge in [-0.3, -0.25) is 9.59 Å². The minimum Gasteiger partial charge on any atom is -0.356 e. The highest BCUT2D eigenvalue weighted by atomic mass is 16.2. The van der Waals surface area contributed by atoms with Crippen molar-refractivity contribution in [1.29, 1.82) is 0 Å². The third-order valence-corrected chi connectivity index (χ3v) is 5.70. The molecule has 0 aliphatic heterocycles. The van der Waals surface area contributed by atoms with Crippen LogP contribution in [0.4, 0.5) is 5.69 Å². The number of amides is 2. The summed E-state index contributed by atoms with van der Waals surface area (Å²) in [6, 6.07) is 25.4. The molecular formula is C27H28N2O2. The van der Waals surface area contributed by atoms with E-state index >= 15 is 0 Å². The van der Waals surface area contributed by atoms with E-state index in [0.29, 0.717) is 24.4 Å². The summed E-state index contributed by atoms with van der Waals surface area (Å²) in [6.45, 7) is 3.22. The lowest BCUT2D eigenvalue weighted by Gasteiger charge is -2.24. The fourth-order valence-corrected chi connectivity index (χ4v) is 3.63. The van der Waals surface area contributed by atoms with Crippen molar-refractivity contribution in [2.75, 3.05) is 11.4 Å². The van der Waals surface area contributed by atoms with E-state index in [4.69, 9.17) is 0 Å². The van der Waals surface area contributed by atoms with Gasteiger partial charge in [-0.2, -0.15) is 0 Å². The van der Waals surface area contributed by atoms with Crippen molar-refractivity contribution >= 4 is 17.5 Å². The monoisotopic (exact) mass is 412 g/mol. The third kappa shape index (κ3) is 5.60. The second kappa shape index (κ2) is 9.61. The van der Waals surface area contributed by atoms with Gasteiger partial charge < -0.3 is 10.2 Å². The third-order valence-electron chi connectivity index (χ3n) is 5.70. The first-order chi connectivity index (χ1) is 15.1. The van der Waals surface area contributed by atoms with Crippen LogP contribution in [0, 0.1) is 12.8 Å². The van der Waals surface area contributed by atoms with Gasteiger partial charge in [-0.25, -0.2) is 0 Å². The van der Waals surface area contributed by atoms with Gasteiger partial charge in [0.1, 0.15) is 0 Å². The SMILES string of the molecule is Cc1ccccc1C(=O)N(Cc1ccccc1)c1ccc(CC(=O)NCC2CC2)cc1. The molecule has 0 radical (unpaired) electrons. The highest BCUT2D eigenvalue weighted by molar-refractivity contribution is 6.07. The molecule has 158 valence electrons. The summed E-state index contributed by atoms with van der Waals surface area (Å²) in [5, 5.41) is 3.01. The van der Waals surface area contributed by atoms with E-state index in [1.54, 1.807) is 4.90 Å². The largest absolute Gasteiger partial charge is 0.356 e. The van der Waals surface area contributed by atoms with Crippen LogP contribution in [0.2, 0.25) is 0 Å². The number of nitrogens with zero attached hydrogens (tertiary/aromatic N) is 1. The van der Waals surface area contributed by atoms with E-state index < -0.39 is 0 Å². The van der Waals surface area contributed by atoms with Gasteiger partial charge >= 0.3 is 0 Å². The molecule has 1 aliphatic carbocycles. The summed E-state index contributed by atoms with van der Waals surface area (Å²) in [7, 11) is 0. The summed E-state index contributed by atoms with van der Waals surface area (Å²) in [5.41, 5.74) is 4.48. The summed E-state index contributed by atoms with van der Waals surface area (Å²) in [5.74, 6) is 0.694. The zero-order valence-corrected chi connectivity index (χ0v) is 17.9. The van der Waals surface area contributed by atoms with Crippen molar-refractivity contribution in [3.05, 3.63) is 101 Å². The summed E-state index contributed by atoms with van der Waals surface area (Å²) >= 11 is 0. The Labute approximate surface area is 183 Å². The number of aryl methyl sites for hydroxylation is 1. The normalized spacial score (nSPS) is 12.9. The number of hydrogen-bond donors (Lipinski definition) is 1. The second-order valence-electron chi connectivity index (χ2n) is 8.28. The Balaban J connectivity index is 1.53. The molecule has 31 heavy (non-hydrogen) atoms. The Hall–Kier alpha value is -3.40. The Morgan fingerprint density at radius 2 is 1.55 bits per heavy atom. The van der Waals surface area contributed by atoms with Crippen LogP contribution in [0.25, 0.3) is 0 Å². The van der Waals surface area contributed by atoms with Crippen LogP contribution in [0.5, 0.6) is 0 Å². The van der Waals surface area contributed by atoms with Crippen molar-refractivity contribution in [3.63, 3.8) is 0 Å². The molecule has 3 aromatic rings. The van der Waals surface area contributed by atoms with Gasteiger partial charge in [0, 0.05) is 17.8 Å². The van der Waals surface area contributed by atoms with E-state index in [1.165, 1.54) is 12.8 Å². The maximum Gasteiger partial charge on any atom is 0.258 e. The van der Waals surface area contributed by atoms with Gasteiger partial charge in [0.15, 0.2) is 0 Å². The Bertz CT molecular complexity index is 1040. The zero-order chi connectivity index (χ0) is 21.6. The molecule has 4 nitrogen and oxygen atoms in total. The van der Waals surface area contributed by atoms with E-state index in [2.05, 4.69) is 5.32 Å². The molecule has 0 spiro atoms. The van der Waals surface area contributed by atoms with Crippen molar-refractivity contribution in [1.82, 2.24) is 5.32 Å². The lowest BCUT2D eigenvalue weighted by Crippen LogP contribution is -2.31. The van der Waals surface area contributed by atoms with Crippen LogP contribution in [0.1, 0.15) is 39.9 Å². The fraction of sp³-hybridized carbons (Fsp3) is 0.259. The number of hydrogen-bond acceptors (Lipinski definition) is 2. The average Bonchev–Trinajstić information content (AvgIpc) is 3.62. The molecule has 0 heterocycles. The zero-order valence-electron chi connectivity index (χ0n) is 17.9. The standard InChI is InChI=1S/C27H28N2O2/c1-20-7-5-6-10-25(20)27(31)29(19-23-8-3-2-4-9-23)24-15-13-21(14-16-24)17-26(30)28-18-22-11-12-22/h2-10,13-16,22H,11-12,17-19H2,1H3,(H,28,30). The average molecular weight is 413 g/mol. The van der Waals surface area contributed by atoms with Crippen LogP contribution in [-0.2, 0) is 17.8 Å². The van der Waals surface area contributed by atoms with Crippen molar-refractivity contribution in [2.45, 2.75) is 32.7 Å². The highest BCUT2D eigenvalue weighted by Crippen LogP contribution is 2.27. The molecule has 1 N–H and O–H groups in total.